The molecule has 0 aliphatic rings. The van der Waals surface area contributed by atoms with Crippen LogP contribution in [0.2, 0.25) is 0 Å². The second-order valence-electron chi connectivity index (χ2n) is 1.70. The maximum absolute atomic E-state index is 10.4. The lowest BCUT2D eigenvalue weighted by Gasteiger charge is -2.12. The van der Waals surface area contributed by atoms with E-state index in [0.29, 0.717) is 0 Å². The fraction of sp³-hybridized carbons (Fsp3) is 0.750. The second-order valence-corrected chi connectivity index (χ2v) is 1.70. The van der Waals surface area contributed by atoms with E-state index in [1.807, 2.05) is 0 Å². The summed E-state index contributed by atoms with van der Waals surface area (Å²) < 4.78 is 0. The average molecular weight is 150 g/mol. The highest BCUT2D eigenvalue weighted by Crippen LogP contribution is 1.90. The number of hydrazine groups is 1. The van der Waals surface area contributed by atoms with E-state index in [9.17, 15) is 4.79 Å². The van der Waals surface area contributed by atoms with E-state index in [4.69, 9.17) is 15.3 Å². The molecule has 0 spiro atoms. The smallest absolute Gasteiger partial charge is 0.265 e. The van der Waals surface area contributed by atoms with Crippen molar-refractivity contribution in [1.29, 1.82) is 0 Å². The number of amides is 1. The van der Waals surface area contributed by atoms with Crippen LogP contribution in [-0.2, 0) is 4.79 Å². The van der Waals surface area contributed by atoms with E-state index in [2.05, 4.69) is 5.84 Å². The van der Waals surface area contributed by atoms with Crippen molar-refractivity contribution in [3.8, 4) is 0 Å². The van der Waals surface area contributed by atoms with Crippen LogP contribution in [0.15, 0.2) is 0 Å². The summed E-state index contributed by atoms with van der Waals surface area (Å²) in [4.78, 5) is 10.4. The Bertz CT molecular complexity index is 118. The summed E-state index contributed by atoms with van der Waals surface area (Å²) in [6.07, 6.45) is -3.15. The summed E-state index contributed by atoms with van der Waals surface area (Å²) in [6.45, 7) is -0.686. The highest BCUT2D eigenvalue weighted by molar-refractivity contribution is 5.80. The molecule has 2 unspecified atom stereocenters. The molecule has 60 valence electrons. The van der Waals surface area contributed by atoms with E-state index >= 15 is 0 Å². The van der Waals surface area contributed by atoms with Crippen LogP contribution in [0, 0.1) is 0 Å². The van der Waals surface area contributed by atoms with Gasteiger partial charge >= 0.3 is 0 Å². The van der Waals surface area contributed by atoms with E-state index in [1.165, 1.54) is 0 Å². The van der Waals surface area contributed by atoms with Crippen LogP contribution < -0.4 is 11.3 Å². The van der Waals surface area contributed by atoms with Gasteiger partial charge in [-0.3, -0.25) is 10.2 Å². The molecule has 0 radical (unpaired) electrons. The van der Waals surface area contributed by atoms with Gasteiger partial charge in [-0.1, -0.05) is 0 Å². The number of rotatable bonds is 3. The highest BCUT2D eigenvalue weighted by Gasteiger charge is 2.22. The number of carbonyl (C=O) groups is 1. The Kier molecular flexibility index (Phi) is 3.89. The molecule has 0 aromatic heterocycles. The molecule has 0 aromatic rings. The Hall–Kier alpha value is -0.690. The Morgan fingerprint density at radius 2 is 2.10 bits per heavy atom. The first-order valence-electron chi connectivity index (χ1n) is 2.61. The predicted molar refractivity (Wildman–Crippen MR) is 31.4 cm³/mol. The maximum Gasteiger partial charge on any atom is 0.265 e. The molecular weight excluding hydrogens is 140 g/mol. The van der Waals surface area contributed by atoms with Crippen LogP contribution in [0.4, 0.5) is 0 Å². The molecule has 0 aliphatic carbocycles. The lowest BCUT2D eigenvalue weighted by Crippen LogP contribution is -2.46. The minimum Gasteiger partial charge on any atom is -0.394 e. The number of nitrogens with two attached hydrogens (primary N) is 1. The summed E-state index contributed by atoms with van der Waals surface area (Å²) in [5, 5.41) is 25.5. The summed E-state index contributed by atoms with van der Waals surface area (Å²) in [7, 11) is 0. The zero-order valence-electron chi connectivity index (χ0n) is 5.19. The number of aliphatic hydroxyl groups excluding tert-OH is 3. The van der Waals surface area contributed by atoms with Gasteiger partial charge in [0.2, 0.25) is 0 Å². The van der Waals surface area contributed by atoms with Gasteiger partial charge in [0, 0.05) is 0 Å². The van der Waals surface area contributed by atoms with Gasteiger partial charge in [0.15, 0.2) is 6.10 Å². The minimum atomic E-state index is -1.67. The van der Waals surface area contributed by atoms with Crippen molar-refractivity contribution >= 4 is 5.91 Å². The summed E-state index contributed by atoms with van der Waals surface area (Å²) >= 11 is 0. The van der Waals surface area contributed by atoms with Crippen molar-refractivity contribution in [2.75, 3.05) is 6.61 Å². The van der Waals surface area contributed by atoms with Crippen molar-refractivity contribution in [3.05, 3.63) is 0 Å². The van der Waals surface area contributed by atoms with E-state index in [0.717, 1.165) is 0 Å². The first kappa shape index (κ1) is 9.31. The van der Waals surface area contributed by atoms with E-state index in [-0.39, 0.29) is 0 Å². The SMILES string of the molecule is NNC(=O)C(O)C(O)CO. The topological polar surface area (TPSA) is 116 Å². The molecule has 6 nitrogen and oxygen atoms in total. The standard InChI is InChI=1S/C4H10N2O4/c5-6-4(10)3(9)2(8)1-7/h2-3,7-9H,1,5H2,(H,6,10). The van der Waals surface area contributed by atoms with Gasteiger partial charge in [-0.2, -0.15) is 0 Å². The zero-order valence-corrected chi connectivity index (χ0v) is 5.19. The molecule has 6 N–H and O–H groups in total. The third-order valence-corrected chi connectivity index (χ3v) is 0.962. The number of aliphatic hydroxyl groups is 3. The van der Waals surface area contributed by atoms with Crippen LogP contribution in [0.3, 0.4) is 0 Å². The molecule has 0 heterocycles. The Morgan fingerprint density at radius 3 is 2.40 bits per heavy atom. The van der Waals surface area contributed by atoms with Gasteiger partial charge < -0.3 is 15.3 Å². The molecule has 0 saturated carbocycles. The minimum absolute atomic E-state index is 0.686. The predicted octanol–water partition coefficient (Wildman–Crippen LogP) is -3.31. The molecular formula is C4H10N2O4. The van der Waals surface area contributed by atoms with Crippen LogP contribution in [0.25, 0.3) is 0 Å². The molecule has 10 heavy (non-hydrogen) atoms. The molecule has 0 aromatic carbocycles. The Balaban J connectivity index is 3.81. The molecule has 0 rings (SSSR count). The Labute approximate surface area is 57.2 Å². The Morgan fingerprint density at radius 1 is 1.60 bits per heavy atom. The van der Waals surface area contributed by atoms with Crippen molar-refractivity contribution in [1.82, 2.24) is 5.43 Å². The lowest BCUT2D eigenvalue weighted by atomic mass is 10.2. The summed E-state index contributed by atoms with van der Waals surface area (Å²) in [5.41, 5.74) is 1.62. The van der Waals surface area contributed by atoms with Crippen molar-refractivity contribution < 1.29 is 20.1 Å². The number of carbonyl (C=O) groups excluding carboxylic acids is 1. The first-order valence-corrected chi connectivity index (χ1v) is 2.61. The van der Waals surface area contributed by atoms with Gasteiger partial charge in [0.05, 0.1) is 6.61 Å². The number of hydrogen-bond acceptors (Lipinski definition) is 5. The lowest BCUT2D eigenvalue weighted by molar-refractivity contribution is -0.136. The monoisotopic (exact) mass is 150 g/mol. The molecule has 1 amide bonds. The van der Waals surface area contributed by atoms with Gasteiger partial charge in [-0.15, -0.1) is 0 Å². The summed E-state index contributed by atoms with van der Waals surface area (Å²) in [6, 6.07) is 0. The highest BCUT2D eigenvalue weighted by atomic mass is 16.4. The molecule has 0 aliphatic heterocycles. The number of nitrogens with one attached hydrogen (secondary N) is 1. The fourth-order valence-electron chi connectivity index (χ4n) is 0.360. The van der Waals surface area contributed by atoms with E-state index in [1.54, 1.807) is 5.43 Å². The molecule has 0 saturated heterocycles. The molecule has 0 bridgehead atoms. The number of hydrogen-bond donors (Lipinski definition) is 5. The fourth-order valence-corrected chi connectivity index (χ4v) is 0.360. The quantitative estimate of drug-likeness (QED) is 0.164. The summed E-state index contributed by atoms with van der Waals surface area (Å²) in [5.74, 6) is 3.68. The normalized spacial score (nSPS) is 16.0. The molecule has 2 atom stereocenters. The third-order valence-electron chi connectivity index (χ3n) is 0.962. The maximum atomic E-state index is 10.4. The van der Waals surface area contributed by atoms with Crippen molar-refractivity contribution in [2.45, 2.75) is 12.2 Å². The molecule has 6 heteroatoms. The van der Waals surface area contributed by atoms with Gasteiger partial charge in [-0.05, 0) is 0 Å². The van der Waals surface area contributed by atoms with Gasteiger partial charge in [0.1, 0.15) is 6.10 Å². The van der Waals surface area contributed by atoms with Crippen molar-refractivity contribution in [2.24, 2.45) is 5.84 Å². The second kappa shape index (κ2) is 4.18. The van der Waals surface area contributed by atoms with Crippen molar-refractivity contribution in [3.63, 3.8) is 0 Å². The van der Waals surface area contributed by atoms with Crippen LogP contribution in [-0.4, -0.2) is 40.0 Å². The third kappa shape index (κ3) is 2.28. The van der Waals surface area contributed by atoms with E-state index < -0.39 is 24.7 Å². The molecule has 0 fully saturated rings. The first-order chi connectivity index (χ1) is 4.63. The zero-order chi connectivity index (χ0) is 8.15. The van der Waals surface area contributed by atoms with Gasteiger partial charge in [-0.25, -0.2) is 5.84 Å². The van der Waals surface area contributed by atoms with Crippen LogP contribution in [0.1, 0.15) is 0 Å². The van der Waals surface area contributed by atoms with Crippen LogP contribution in [0.5, 0.6) is 0 Å². The largest absolute Gasteiger partial charge is 0.394 e. The van der Waals surface area contributed by atoms with Crippen LogP contribution >= 0.6 is 0 Å². The average Bonchev–Trinajstić information content (AvgIpc) is 2.00. The van der Waals surface area contributed by atoms with Gasteiger partial charge in [0.25, 0.3) is 5.91 Å².